The van der Waals surface area contributed by atoms with Crippen molar-refractivity contribution < 1.29 is 22.4 Å². The van der Waals surface area contributed by atoms with Crippen molar-refractivity contribution in [2.45, 2.75) is 10.1 Å². The second-order valence-corrected chi connectivity index (χ2v) is 8.45. The lowest BCUT2D eigenvalue weighted by Gasteiger charge is -2.17. The number of ether oxygens (including phenoxy) is 1. The van der Waals surface area contributed by atoms with Crippen molar-refractivity contribution in [3.8, 4) is 5.75 Å². The van der Waals surface area contributed by atoms with E-state index in [9.17, 15) is 13.2 Å². The number of hydrogen-bond acceptors (Lipinski definition) is 5. The minimum absolute atomic E-state index is 0.0988. The van der Waals surface area contributed by atoms with E-state index in [2.05, 4.69) is 5.32 Å². The summed E-state index contributed by atoms with van der Waals surface area (Å²) in [7, 11) is -2.33. The molecule has 1 amide bonds. The minimum Gasteiger partial charge on any atom is -0.497 e. The summed E-state index contributed by atoms with van der Waals surface area (Å²) in [6, 6.07) is 15.8. The zero-order chi connectivity index (χ0) is 20.1. The summed E-state index contributed by atoms with van der Waals surface area (Å²) in [5.74, 6) is 0.308. The number of furan rings is 1. The molecule has 1 aromatic heterocycles. The Morgan fingerprint density at radius 2 is 1.82 bits per heavy atom. The Balaban J connectivity index is 1.87. The van der Waals surface area contributed by atoms with Crippen molar-refractivity contribution in [2.75, 3.05) is 13.7 Å². The van der Waals surface area contributed by atoms with Crippen molar-refractivity contribution >= 4 is 27.3 Å². The zero-order valence-electron chi connectivity index (χ0n) is 15.0. The van der Waals surface area contributed by atoms with E-state index in [-0.39, 0.29) is 27.8 Å². The number of amides is 1. The number of rotatable bonds is 7. The third-order valence-corrected chi connectivity index (χ3v) is 6.60. The van der Waals surface area contributed by atoms with Gasteiger partial charge in [0, 0.05) is 6.54 Å². The molecule has 0 unspecified atom stereocenters. The number of benzene rings is 2. The fraction of sp³-hybridized carbons (Fsp3) is 0.150. The molecule has 0 saturated carbocycles. The highest BCUT2D eigenvalue weighted by Crippen LogP contribution is 2.30. The van der Waals surface area contributed by atoms with Crippen molar-refractivity contribution in [1.29, 1.82) is 0 Å². The number of halogens is 1. The Morgan fingerprint density at radius 3 is 2.43 bits per heavy atom. The molecule has 0 fully saturated rings. The molecule has 0 bridgehead atoms. The van der Waals surface area contributed by atoms with Crippen LogP contribution < -0.4 is 10.1 Å². The van der Waals surface area contributed by atoms with Crippen LogP contribution in [0.4, 0.5) is 0 Å². The van der Waals surface area contributed by atoms with Crippen LogP contribution in [0.5, 0.6) is 5.75 Å². The third kappa shape index (κ3) is 4.21. The Hall–Kier alpha value is -2.77. The van der Waals surface area contributed by atoms with Crippen molar-refractivity contribution in [3.63, 3.8) is 0 Å². The molecule has 6 nitrogen and oxygen atoms in total. The van der Waals surface area contributed by atoms with E-state index in [1.807, 2.05) is 0 Å². The third-order valence-electron chi connectivity index (χ3n) is 4.19. The number of carbonyl (C=O) groups excluding carboxylic acids is 1. The molecule has 0 aliphatic rings. The quantitative estimate of drug-likeness (QED) is 0.628. The second-order valence-electron chi connectivity index (χ2n) is 5.91. The summed E-state index contributed by atoms with van der Waals surface area (Å²) < 4.78 is 36.7. The Morgan fingerprint density at radius 1 is 1.11 bits per heavy atom. The molecule has 1 N–H and O–H groups in total. The maximum Gasteiger partial charge on any atom is 0.252 e. The van der Waals surface area contributed by atoms with Crippen LogP contribution >= 0.6 is 11.6 Å². The molecule has 28 heavy (non-hydrogen) atoms. The Bertz CT molecular complexity index is 1050. The Kier molecular flexibility index (Phi) is 6.06. The van der Waals surface area contributed by atoms with Gasteiger partial charge in [-0.1, -0.05) is 23.7 Å². The van der Waals surface area contributed by atoms with Gasteiger partial charge in [0.25, 0.3) is 5.91 Å². The van der Waals surface area contributed by atoms with Crippen LogP contribution in [0.2, 0.25) is 5.02 Å². The SMILES string of the molecule is COc1ccc(S(=O)(=O)[C@@H](CNC(=O)c2ccccc2Cl)c2ccco2)cc1. The minimum atomic E-state index is -3.83. The van der Waals surface area contributed by atoms with Gasteiger partial charge in [-0.25, -0.2) is 8.42 Å². The predicted molar refractivity (Wildman–Crippen MR) is 105 cm³/mol. The molecular weight excluding hydrogens is 402 g/mol. The van der Waals surface area contributed by atoms with Crippen LogP contribution in [0, 0.1) is 0 Å². The summed E-state index contributed by atoms with van der Waals surface area (Å²) in [5.41, 5.74) is 0.268. The van der Waals surface area contributed by atoms with Gasteiger partial charge in [-0.3, -0.25) is 4.79 Å². The van der Waals surface area contributed by atoms with E-state index in [1.165, 1.54) is 25.5 Å². The molecule has 2 aromatic carbocycles. The largest absolute Gasteiger partial charge is 0.497 e. The summed E-state index contributed by atoms with van der Waals surface area (Å²) in [6.45, 7) is -0.175. The van der Waals surface area contributed by atoms with Gasteiger partial charge in [-0.2, -0.15) is 0 Å². The van der Waals surface area contributed by atoms with Crippen molar-refractivity contribution in [2.24, 2.45) is 0 Å². The van der Waals surface area contributed by atoms with E-state index >= 15 is 0 Å². The molecule has 8 heteroatoms. The number of hydrogen-bond donors (Lipinski definition) is 1. The standard InChI is InChI=1S/C20H18ClNO5S/c1-26-14-8-10-15(11-9-14)28(24,25)19(18-7-4-12-27-18)13-22-20(23)16-5-2-3-6-17(16)21/h2-12,19H,13H2,1H3,(H,22,23)/t19-/m0/s1. The summed E-state index contributed by atoms with van der Waals surface area (Å²) in [4.78, 5) is 12.5. The van der Waals surface area contributed by atoms with Gasteiger partial charge in [0.2, 0.25) is 0 Å². The topological polar surface area (TPSA) is 85.6 Å². The second kappa shape index (κ2) is 8.50. The fourth-order valence-corrected chi connectivity index (χ4v) is 4.50. The molecule has 0 radical (unpaired) electrons. The van der Waals surface area contributed by atoms with Gasteiger partial charge in [-0.15, -0.1) is 0 Å². The highest BCUT2D eigenvalue weighted by atomic mass is 35.5. The number of nitrogens with one attached hydrogen (secondary N) is 1. The van der Waals surface area contributed by atoms with Gasteiger partial charge in [-0.05, 0) is 48.5 Å². The van der Waals surface area contributed by atoms with Crippen LogP contribution in [0.1, 0.15) is 21.4 Å². The van der Waals surface area contributed by atoms with Gasteiger partial charge >= 0.3 is 0 Å². The lowest BCUT2D eigenvalue weighted by atomic mass is 10.2. The highest BCUT2D eigenvalue weighted by molar-refractivity contribution is 7.91. The first-order valence-electron chi connectivity index (χ1n) is 8.37. The molecule has 0 aliphatic carbocycles. The average Bonchev–Trinajstić information content (AvgIpc) is 3.22. The summed E-state index contributed by atoms with van der Waals surface area (Å²) >= 11 is 6.04. The smallest absolute Gasteiger partial charge is 0.252 e. The van der Waals surface area contributed by atoms with E-state index < -0.39 is 21.0 Å². The molecule has 0 saturated heterocycles. The zero-order valence-corrected chi connectivity index (χ0v) is 16.5. The first-order valence-corrected chi connectivity index (χ1v) is 10.3. The first-order chi connectivity index (χ1) is 13.4. The van der Waals surface area contributed by atoms with Gasteiger partial charge in [0.05, 0.1) is 28.9 Å². The normalized spacial score (nSPS) is 12.4. The molecule has 1 atom stereocenters. The van der Waals surface area contributed by atoms with Gasteiger partial charge in [0.15, 0.2) is 9.84 Å². The number of sulfone groups is 1. The van der Waals surface area contributed by atoms with Gasteiger partial charge < -0.3 is 14.5 Å². The molecule has 146 valence electrons. The molecule has 0 aliphatic heterocycles. The van der Waals surface area contributed by atoms with E-state index in [1.54, 1.807) is 48.5 Å². The molecule has 3 rings (SSSR count). The maximum atomic E-state index is 13.2. The van der Waals surface area contributed by atoms with Crippen LogP contribution in [0.15, 0.2) is 76.2 Å². The van der Waals surface area contributed by atoms with Crippen molar-refractivity contribution in [1.82, 2.24) is 5.32 Å². The maximum absolute atomic E-state index is 13.2. The van der Waals surface area contributed by atoms with Crippen LogP contribution in [0.3, 0.4) is 0 Å². The fourth-order valence-electron chi connectivity index (χ4n) is 2.69. The molecule has 0 spiro atoms. The lowest BCUT2D eigenvalue weighted by Crippen LogP contribution is -2.32. The first kappa shape index (κ1) is 20.0. The monoisotopic (exact) mass is 419 g/mol. The molecule has 1 heterocycles. The van der Waals surface area contributed by atoms with Crippen molar-refractivity contribution in [3.05, 3.63) is 83.3 Å². The van der Waals surface area contributed by atoms with Crippen LogP contribution in [0.25, 0.3) is 0 Å². The molecular formula is C20H18ClNO5S. The number of carbonyl (C=O) groups is 1. The van der Waals surface area contributed by atoms with E-state index in [0.717, 1.165) is 0 Å². The predicted octanol–water partition coefficient (Wildman–Crippen LogP) is 3.89. The number of methoxy groups -OCH3 is 1. The van der Waals surface area contributed by atoms with E-state index in [4.69, 9.17) is 20.8 Å². The Labute approximate surface area is 168 Å². The van der Waals surface area contributed by atoms with E-state index in [0.29, 0.717) is 5.75 Å². The molecule has 3 aromatic rings. The summed E-state index contributed by atoms with van der Waals surface area (Å²) in [5, 5.41) is 1.83. The van der Waals surface area contributed by atoms with Crippen LogP contribution in [-0.2, 0) is 9.84 Å². The van der Waals surface area contributed by atoms with Crippen LogP contribution in [-0.4, -0.2) is 28.0 Å². The van der Waals surface area contributed by atoms with Gasteiger partial charge in [0.1, 0.15) is 16.8 Å². The average molecular weight is 420 g/mol. The highest BCUT2D eigenvalue weighted by Gasteiger charge is 2.32. The summed E-state index contributed by atoms with van der Waals surface area (Å²) in [6.07, 6.45) is 1.39. The lowest BCUT2D eigenvalue weighted by molar-refractivity contribution is 0.0953.